The fraction of sp³-hybridized carbons (Fsp3) is 0.455. The molecule has 0 N–H and O–H groups in total. The Labute approximate surface area is 241 Å². The maximum Gasteiger partial charge on any atom is 0.306 e. The normalized spacial score (nSPS) is 16.8. The van der Waals surface area contributed by atoms with Crippen molar-refractivity contribution in [1.29, 1.82) is 0 Å². The number of hydrogen-bond acceptors (Lipinski definition) is 6. The number of ether oxygens (including phenoxy) is 1. The van der Waals surface area contributed by atoms with Crippen LogP contribution < -0.4 is 0 Å². The molecule has 0 amide bonds. The standard InChI is InChI=1S/C33H40FN5O2/c1-22-31(34)23(2)39(37-22)29-14-10-25(11-15-29)27(19-30(40)41-33(3,4)5)21-38-18-16-24(20-38)8-12-28-13-9-26-7-6-17-35-32(26)36-28/h6-7,9-11,13-15,17,24,27H,8,12,16,18-21H2,1-5H3/t24-,27?/m1/s1. The lowest BCUT2D eigenvalue weighted by Crippen LogP contribution is -2.30. The number of benzene rings is 1. The van der Waals surface area contributed by atoms with E-state index >= 15 is 0 Å². The number of pyridine rings is 2. The third-order valence-corrected chi connectivity index (χ3v) is 7.82. The molecule has 4 heterocycles. The summed E-state index contributed by atoms with van der Waals surface area (Å²) in [5.41, 5.74) is 4.09. The molecular formula is C33H40FN5O2. The molecular weight excluding hydrogens is 517 g/mol. The van der Waals surface area contributed by atoms with E-state index in [1.807, 2.05) is 57.2 Å². The second kappa shape index (κ2) is 12.1. The van der Waals surface area contributed by atoms with Crippen LogP contribution in [0.3, 0.4) is 0 Å². The van der Waals surface area contributed by atoms with E-state index in [4.69, 9.17) is 9.72 Å². The van der Waals surface area contributed by atoms with Crippen LogP contribution in [0.15, 0.2) is 54.7 Å². The van der Waals surface area contributed by atoms with E-state index < -0.39 is 5.60 Å². The van der Waals surface area contributed by atoms with Gasteiger partial charge in [-0.05, 0) is 108 Å². The zero-order valence-electron chi connectivity index (χ0n) is 24.7. The summed E-state index contributed by atoms with van der Waals surface area (Å²) in [6, 6.07) is 16.2. The molecule has 2 atom stereocenters. The van der Waals surface area contributed by atoms with Gasteiger partial charge in [0, 0.05) is 36.3 Å². The minimum atomic E-state index is -0.532. The number of carbonyl (C=O) groups is 1. The molecule has 1 aromatic carbocycles. The molecule has 1 fully saturated rings. The van der Waals surface area contributed by atoms with Crippen molar-refractivity contribution in [3.8, 4) is 5.69 Å². The highest BCUT2D eigenvalue weighted by Crippen LogP contribution is 2.29. The molecule has 0 saturated carbocycles. The van der Waals surface area contributed by atoms with Gasteiger partial charge in [0.2, 0.25) is 0 Å². The van der Waals surface area contributed by atoms with Crippen molar-refractivity contribution in [3.05, 3.63) is 83.2 Å². The predicted molar refractivity (Wildman–Crippen MR) is 159 cm³/mol. The van der Waals surface area contributed by atoms with Crippen molar-refractivity contribution < 1.29 is 13.9 Å². The summed E-state index contributed by atoms with van der Waals surface area (Å²) in [6.07, 6.45) is 5.23. The number of halogens is 1. The number of carbonyl (C=O) groups excluding carboxylic acids is 1. The number of nitrogens with zero attached hydrogens (tertiary/aromatic N) is 5. The van der Waals surface area contributed by atoms with Crippen molar-refractivity contribution in [2.45, 2.75) is 71.8 Å². The van der Waals surface area contributed by atoms with E-state index in [1.165, 1.54) is 0 Å². The average molecular weight is 558 g/mol. The van der Waals surface area contributed by atoms with Crippen LogP contribution in [-0.2, 0) is 16.0 Å². The smallest absolute Gasteiger partial charge is 0.306 e. The van der Waals surface area contributed by atoms with E-state index in [0.717, 1.165) is 66.9 Å². The maximum atomic E-state index is 14.2. The summed E-state index contributed by atoms with van der Waals surface area (Å²) in [5.74, 6) is 0.0947. The van der Waals surface area contributed by atoms with E-state index in [1.54, 1.807) is 24.7 Å². The second-order valence-electron chi connectivity index (χ2n) is 12.3. The average Bonchev–Trinajstić information content (AvgIpc) is 3.49. The largest absolute Gasteiger partial charge is 0.460 e. The first kappa shape index (κ1) is 28.9. The van der Waals surface area contributed by atoms with Crippen LogP contribution in [0.4, 0.5) is 4.39 Å². The first-order chi connectivity index (χ1) is 19.6. The molecule has 3 aromatic heterocycles. The van der Waals surface area contributed by atoms with E-state index in [9.17, 15) is 9.18 Å². The molecule has 5 rings (SSSR count). The lowest BCUT2D eigenvalue weighted by molar-refractivity contribution is -0.155. The Morgan fingerprint density at radius 2 is 1.90 bits per heavy atom. The lowest BCUT2D eigenvalue weighted by Gasteiger charge is -2.26. The maximum absolute atomic E-state index is 14.2. The van der Waals surface area contributed by atoms with Gasteiger partial charge in [0.25, 0.3) is 0 Å². The minimum Gasteiger partial charge on any atom is -0.460 e. The molecule has 8 heteroatoms. The molecule has 4 aromatic rings. The SMILES string of the molecule is Cc1nn(-c2ccc(C(CC(=O)OC(C)(C)C)CN3CC[C@@H](CCc4ccc5cccnc5n4)C3)cc2)c(C)c1F. The highest BCUT2D eigenvalue weighted by molar-refractivity contribution is 5.74. The molecule has 0 aliphatic carbocycles. The van der Waals surface area contributed by atoms with E-state index in [2.05, 4.69) is 27.1 Å². The lowest BCUT2D eigenvalue weighted by atomic mass is 9.94. The second-order valence-corrected chi connectivity index (χ2v) is 12.3. The molecule has 1 unspecified atom stereocenters. The van der Waals surface area contributed by atoms with Gasteiger partial charge in [-0.3, -0.25) is 4.79 Å². The molecule has 1 aliphatic rings. The summed E-state index contributed by atoms with van der Waals surface area (Å²) in [7, 11) is 0. The van der Waals surface area contributed by atoms with Crippen LogP contribution in [0.5, 0.6) is 0 Å². The topological polar surface area (TPSA) is 73.1 Å². The fourth-order valence-electron chi connectivity index (χ4n) is 5.74. The summed E-state index contributed by atoms with van der Waals surface area (Å²) in [5, 5.41) is 5.40. The van der Waals surface area contributed by atoms with Gasteiger partial charge in [0.05, 0.1) is 23.5 Å². The zero-order valence-corrected chi connectivity index (χ0v) is 24.7. The number of fused-ring (bicyclic) bond motifs is 1. The van der Waals surface area contributed by atoms with Crippen LogP contribution in [0.1, 0.15) is 68.6 Å². The van der Waals surface area contributed by atoms with Gasteiger partial charge in [-0.15, -0.1) is 0 Å². The molecule has 0 bridgehead atoms. The van der Waals surface area contributed by atoms with Crippen molar-refractivity contribution in [2.75, 3.05) is 19.6 Å². The van der Waals surface area contributed by atoms with Gasteiger partial charge < -0.3 is 9.64 Å². The predicted octanol–water partition coefficient (Wildman–Crippen LogP) is 6.34. The molecule has 0 radical (unpaired) electrons. The molecule has 216 valence electrons. The van der Waals surface area contributed by atoms with Crippen molar-refractivity contribution >= 4 is 17.0 Å². The zero-order chi connectivity index (χ0) is 29.1. The Morgan fingerprint density at radius 3 is 2.61 bits per heavy atom. The van der Waals surface area contributed by atoms with Gasteiger partial charge >= 0.3 is 5.97 Å². The molecule has 1 aliphatic heterocycles. The van der Waals surface area contributed by atoms with E-state index in [0.29, 0.717) is 23.7 Å². The molecule has 7 nitrogen and oxygen atoms in total. The summed E-state index contributed by atoms with van der Waals surface area (Å²) in [4.78, 5) is 24.5. The summed E-state index contributed by atoms with van der Waals surface area (Å²) in [6.45, 7) is 11.9. The third-order valence-electron chi connectivity index (χ3n) is 7.82. The van der Waals surface area contributed by atoms with Crippen LogP contribution >= 0.6 is 0 Å². The first-order valence-corrected chi connectivity index (χ1v) is 14.5. The van der Waals surface area contributed by atoms with Crippen LogP contribution in [0, 0.1) is 25.6 Å². The van der Waals surface area contributed by atoms with Crippen molar-refractivity contribution in [3.63, 3.8) is 0 Å². The van der Waals surface area contributed by atoms with Crippen molar-refractivity contribution in [1.82, 2.24) is 24.6 Å². The van der Waals surface area contributed by atoms with E-state index in [-0.39, 0.29) is 17.7 Å². The number of hydrogen-bond donors (Lipinski definition) is 0. The Morgan fingerprint density at radius 1 is 1.12 bits per heavy atom. The Kier molecular flexibility index (Phi) is 8.50. The molecule has 0 spiro atoms. The van der Waals surface area contributed by atoms with Gasteiger partial charge in [0.1, 0.15) is 5.60 Å². The van der Waals surface area contributed by atoms with Gasteiger partial charge in [-0.2, -0.15) is 5.10 Å². The number of likely N-dealkylation sites (tertiary alicyclic amines) is 1. The molecule has 1 saturated heterocycles. The Bertz CT molecular complexity index is 1510. The number of aromatic nitrogens is 4. The third kappa shape index (κ3) is 7.17. The molecule has 41 heavy (non-hydrogen) atoms. The fourth-order valence-corrected chi connectivity index (χ4v) is 5.74. The summed E-state index contributed by atoms with van der Waals surface area (Å²) >= 11 is 0. The Balaban J connectivity index is 1.25. The first-order valence-electron chi connectivity index (χ1n) is 14.5. The highest BCUT2D eigenvalue weighted by Gasteiger charge is 2.28. The quantitative estimate of drug-likeness (QED) is 0.224. The summed E-state index contributed by atoms with van der Waals surface area (Å²) < 4.78 is 21.6. The number of aryl methyl sites for hydroxylation is 2. The van der Waals surface area contributed by atoms with Crippen LogP contribution in [-0.4, -0.2) is 55.9 Å². The van der Waals surface area contributed by atoms with Gasteiger partial charge in [0.15, 0.2) is 11.5 Å². The highest BCUT2D eigenvalue weighted by atomic mass is 19.1. The Hall–Kier alpha value is -3.65. The number of rotatable bonds is 9. The number of esters is 1. The van der Waals surface area contributed by atoms with Crippen LogP contribution in [0.2, 0.25) is 0 Å². The van der Waals surface area contributed by atoms with Crippen molar-refractivity contribution in [2.24, 2.45) is 5.92 Å². The minimum absolute atomic E-state index is 0.0110. The van der Waals surface area contributed by atoms with Gasteiger partial charge in [-0.1, -0.05) is 12.1 Å². The van der Waals surface area contributed by atoms with Gasteiger partial charge in [-0.25, -0.2) is 19.0 Å². The van der Waals surface area contributed by atoms with Crippen LogP contribution in [0.25, 0.3) is 16.7 Å². The monoisotopic (exact) mass is 557 g/mol.